The van der Waals surface area contributed by atoms with Crippen molar-refractivity contribution in [3.63, 3.8) is 0 Å². The van der Waals surface area contributed by atoms with Gasteiger partial charge in [-0.15, -0.1) is 11.3 Å². The molecule has 0 saturated carbocycles. The second kappa shape index (κ2) is 6.03. The third-order valence-electron chi connectivity index (χ3n) is 3.36. The summed E-state index contributed by atoms with van der Waals surface area (Å²) >= 11 is 1.78. The first-order valence-electron chi connectivity index (χ1n) is 6.61. The molecule has 3 rings (SSSR count). The maximum absolute atomic E-state index is 4.16. The fraction of sp³-hybridized carbons (Fsp3) is 0.188. The van der Waals surface area contributed by atoms with E-state index < -0.39 is 0 Å². The molecule has 2 heterocycles. The van der Waals surface area contributed by atoms with Crippen molar-refractivity contribution in [3.8, 4) is 0 Å². The molecule has 102 valence electrons. The lowest BCUT2D eigenvalue weighted by Crippen LogP contribution is -2.22. The summed E-state index contributed by atoms with van der Waals surface area (Å²) in [7, 11) is 2.02. The Hall–Kier alpha value is -1.91. The van der Waals surface area contributed by atoms with Crippen molar-refractivity contribution >= 4 is 11.3 Å². The molecule has 20 heavy (non-hydrogen) atoms. The molecule has 2 aromatic heterocycles. The van der Waals surface area contributed by atoms with Gasteiger partial charge in [-0.3, -0.25) is 5.32 Å². The zero-order valence-electron chi connectivity index (χ0n) is 11.4. The average Bonchev–Trinajstić information content (AvgIpc) is 3.13. The van der Waals surface area contributed by atoms with E-state index in [9.17, 15) is 0 Å². The second-order valence-electron chi connectivity index (χ2n) is 4.74. The zero-order chi connectivity index (χ0) is 13.8. The van der Waals surface area contributed by atoms with Crippen LogP contribution < -0.4 is 5.32 Å². The maximum atomic E-state index is 4.16. The van der Waals surface area contributed by atoms with E-state index in [4.69, 9.17) is 0 Å². The summed E-state index contributed by atoms with van der Waals surface area (Å²) in [5.41, 5.74) is 2.47. The summed E-state index contributed by atoms with van der Waals surface area (Å²) in [5.74, 6) is 0. The Morgan fingerprint density at radius 1 is 1.20 bits per heavy atom. The predicted octanol–water partition coefficient (Wildman–Crippen LogP) is 3.36. The average molecular weight is 283 g/mol. The van der Waals surface area contributed by atoms with Crippen molar-refractivity contribution in [2.75, 3.05) is 0 Å². The Labute approximate surface area is 122 Å². The van der Waals surface area contributed by atoms with E-state index in [1.165, 1.54) is 16.1 Å². The largest absolute Gasteiger partial charge is 0.337 e. The van der Waals surface area contributed by atoms with Crippen LogP contribution in [0.3, 0.4) is 0 Å². The SMILES string of the molecule is Cn1cncc1CNC(c1ccccc1)c1cccs1. The van der Waals surface area contributed by atoms with Crippen LogP contribution in [0.25, 0.3) is 0 Å². The van der Waals surface area contributed by atoms with Crippen LogP contribution in [-0.2, 0) is 13.6 Å². The van der Waals surface area contributed by atoms with Crippen molar-refractivity contribution in [1.29, 1.82) is 0 Å². The molecule has 1 unspecified atom stereocenters. The molecule has 1 atom stereocenters. The highest BCUT2D eigenvalue weighted by Crippen LogP contribution is 2.26. The maximum Gasteiger partial charge on any atom is 0.0945 e. The minimum Gasteiger partial charge on any atom is -0.337 e. The van der Waals surface area contributed by atoms with Gasteiger partial charge in [0.25, 0.3) is 0 Å². The standard InChI is InChI=1S/C16H17N3S/c1-19-12-17-10-14(19)11-18-16(15-8-5-9-20-15)13-6-3-2-4-7-13/h2-10,12,16,18H,11H2,1H3. The number of nitrogens with zero attached hydrogens (tertiary/aromatic N) is 2. The highest BCUT2D eigenvalue weighted by Gasteiger charge is 2.14. The van der Waals surface area contributed by atoms with Gasteiger partial charge in [-0.1, -0.05) is 36.4 Å². The number of aryl methyl sites for hydroxylation is 1. The molecule has 4 heteroatoms. The number of hydrogen-bond donors (Lipinski definition) is 1. The van der Waals surface area contributed by atoms with Gasteiger partial charge in [0.2, 0.25) is 0 Å². The molecule has 3 aromatic rings. The second-order valence-corrected chi connectivity index (χ2v) is 5.72. The summed E-state index contributed by atoms with van der Waals surface area (Å²) in [5, 5.41) is 5.75. The Morgan fingerprint density at radius 2 is 2.05 bits per heavy atom. The molecular formula is C16H17N3S. The molecule has 0 bridgehead atoms. The van der Waals surface area contributed by atoms with Crippen LogP contribution in [0.15, 0.2) is 60.4 Å². The highest BCUT2D eigenvalue weighted by atomic mass is 32.1. The number of aromatic nitrogens is 2. The fourth-order valence-electron chi connectivity index (χ4n) is 2.25. The molecule has 1 aromatic carbocycles. The Bertz CT molecular complexity index is 643. The number of thiophene rings is 1. The summed E-state index contributed by atoms with van der Waals surface area (Å²) < 4.78 is 2.05. The van der Waals surface area contributed by atoms with E-state index in [0.717, 1.165) is 6.54 Å². The Kier molecular flexibility index (Phi) is 3.95. The molecule has 0 aliphatic carbocycles. The quantitative estimate of drug-likeness (QED) is 0.778. The van der Waals surface area contributed by atoms with Crippen LogP contribution in [0.1, 0.15) is 22.2 Å². The molecule has 0 amide bonds. The molecule has 3 nitrogen and oxygen atoms in total. The summed E-state index contributed by atoms with van der Waals surface area (Å²) in [6, 6.07) is 15.1. The van der Waals surface area contributed by atoms with Gasteiger partial charge < -0.3 is 4.57 Å². The summed E-state index contributed by atoms with van der Waals surface area (Å²) in [4.78, 5) is 5.49. The third kappa shape index (κ3) is 2.81. The van der Waals surface area contributed by atoms with Crippen LogP contribution in [-0.4, -0.2) is 9.55 Å². The Morgan fingerprint density at radius 3 is 2.70 bits per heavy atom. The normalized spacial score (nSPS) is 12.4. The lowest BCUT2D eigenvalue weighted by atomic mass is 10.1. The van der Waals surface area contributed by atoms with Gasteiger partial charge in [0.05, 0.1) is 18.1 Å². The lowest BCUT2D eigenvalue weighted by molar-refractivity contribution is 0.591. The fourth-order valence-corrected chi connectivity index (χ4v) is 3.07. The molecule has 1 N–H and O–H groups in total. The first kappa shape index (κ1) is 13.1. The van der Waals surface area contributed by atoms with Crippen molar-refractivity contribution in [1.82, 2.24) is 14.9 Å². The number of nitrogens with one attached hydrogen (secondary N) is 1. The van der Waals surface area contributed by atoms with Crippen LogP contribution in [0.4, 0.5) is 0 Å². The molecular weight excluding hydrogens is 266 g/mol. The van der Waals surface area contributed by atoms with E-state index in [1.54, 1.807) is 11.3 Å². The first-order valence-corrected chi connectivity index (χ1v) is 7.49. The molecule has 0 fully saturated rings. The van der Waals surface area contributed by atoms with E-state index in [2.05, 4.69) is 58.1 Å². The van der Waals surface area contributed by atoms with Gasteiger partial charge >= 0.3 is 0 Å². The van der Waals surface area contributed by atoms with Crippen LogP contribution in [0, 0.1) is 0 Å². The smallest absolute Gasteiger partial charge is 0.0945 e. The van der Waals surface area contributed by atoms with E-state index in [-0.39, 0.29) is 6.04 Å². The van der Waals surface area contributed by atoms with Crippen molar-refractivity contribution < 1.29 is 0 Å². The van der Waals surface area contributed by atoms with Crippen LogP contribution in [0.5, 0.6) is 0 Å². The van der Waals surface area contributed by atoms with E-state index >= 15 is 0 Å². The number of imidazole rings is 1. The van der Waals surface area contributed by atoms with Gasteiger partial charge in [-0.05, 0) is 17.0 Å². The number of rotatable bonds is 5. The lowest BCUT2D eigenvalue weighted by Gasteiger charge is -2.18. The first-order chi connectivity index (χ1) is 9.84. The molecule has 0 saturated heterocycles. The van der Waals surface area contributed by atoms with Gasteiger partial charge in [0.15, 0.2) is 0 Å². The molecule has 0 spiro atoms. The van der Waals surface area contributed by atoms with Crippen molar-refractivity contribution in [3.05, 3.63) is 76.5 Å². The number of benzene rings is 1. The zero-order valence-corrected chi connectivity index (χ0v) is 12.2. The summed E-state index contributed by atoms with van der Waals surface area (Å²) in [6.45, 7) is 0.800. The van der Waals surface area contributed by atoms with Crippen molar-refractivity contribution in [2.24, 2.45) is 7.05 Å². The van der Waals surface area contributed by atoms with E-state index in [1.807, 2.05) is 24.1 Å². The Balaban J connectivity index is 1.82. The highest BCUT2D eigenvalue weighted by molar-refractivity contribution is 7.10. The van der Waals surface area contributed by atoms with Gasteiger partial charge in [0, 0.05) is 24.7 Å². The van der Waals surface area contributed by atoms with Crippen LogP contribution in [0.2, 0.25) is 0 Å². The minimum absolute atomic E-state index is 0.228. The molecule has 0 aliphatic heterocycles. The molecule has 0 aliphatic rings. The van der Waals surface area contributed by atoms with Crippen LogP contribution >= 0.6 is 11.3 Å². The monoisotopic (exact) mass is 283 g/mol. The van der Waals surface area contributed by atoms with Gasteiger partial charge in [-0.25, -0.2) is 4.98 Å². The minimum atomic E-state index is 0.228. The summed E-state index contributed by atoms with van der Waals surface area (Å²) in [6.07, 6.45) is 3.74. The topological polar surface area (TPSA) is 29.9 Å². The van der Waals surface area contributed by atoms with E-state index in [0.29, 0.717) is 0 Å². The third-order valence-corrected chi connectivity index (χ3v) is 4.30. The van der Waals surface area contributed by atoms with Gasteiger partial charge in [0.1, 0.15) is 0 Å². The molecule has 0 radical (unpaired) electrons. The predicted molar refractivity (Wildman–Crippen MR) is 82.7 cm³/mol. The van der Waals surface area contributed by atoms with Gasteiger partial charge in [-0.2, -0.15) is 0 Å². The number of hydrogen-bond acceptors (Lipinski definition) is 3. The van der Waals surface area contributed by atoms with Crippen molar-refractivity contribution in [2.45, 2.75) is 12.6 Å².